The minimum absolute atomic E-state index is 0.0918. The lowest BCUT2D eigenvalue weighted by atomic mass is 10.2. The Morgan fingerprint density at radius 3 is 2.52 bits per heavy atom. The molecule has 0 unspecified atom stereocenters. The van der Waals surface area contributed by atoms with Gasteiger partial charge in [-0.25, -0.2) is 8.78 Å². The molecule has 2 aromatic rings. The molecule has 0 saturated carbocycles. The van der Waals surface area contributed by atoms with E-state index in [-0.39, 0.29) is 23.3 Å². The van der Waals surface area contributed by atoms with Crippen LogP contribution in [0.25, 0.3) is 0 Å². The van der Waals surface area contributed by atoms with E-state index in [1.807, 2.05) is 0 Å². The highest BCUT2D eigenvalue weighted by atomic mass is 35.5. The third kappa shape index (κ3) is 6.88. The quantitative estimate of drug-likeness (QED) is 0.606. The van der Waals surface area contributed by atoms with Gasteiger partial charge in [0, 0.05) is 34.4 Å². The number of carbonyl (C=O) groups is 1. The first-order chi connectivity index (χ1) is 12.1. The second-order valence-corrected chi connectivity index (χ2v) is 7.68. The van der Waals surface area contributed by atoms with Crippen LogP contribution in [-0.4, -0.2) is 24.0 Å². The number of nitrogens with one attached hydrogen (secondary N) is 1. The predicted molar refractivity (Wildman–Crippen MR) is 103 cm³/mol. The number of hydrogen-bond donors (Lipinski definition) is 1. The van der Waals surface area contributed by atoms with Crippen molar-refractivity contribution in [3.8, 4) is 0 Å². The fourth-order valence-electron chi connectivity index (χ4n) is 2.03. The molecule has 134 valence electrons. The van der Waals surface area contributed by atoms with Crippen LogP contribution in [0.3, 0.4) is 0 Å². The van der Waals surface area contributed by atoms with Gasteiger partial charge in [-0.2, -0.15) is 11.8 Å². The van der Waals surface area contributed by atoms with Gasteiger partial charge < -0.3 is 5.32 Å². The van der Waals surface area contributed by atoms with Crippen LogP contribution in [0, 0.1) is 11.6 Å². The van der Waals surface area contributed by atoms with Crippen LogP contribution >= 0.6 is 35.1 Å². The van der Waals surface area contributed by atoms with Gasteiger partial charge in [0.25, 0.3) is 0 Å². The summed E-state index contributed by atoms with van der Waals surface area (Å²) in [5.74, 6) is 1.20. The van der Waals surface area contributed by atoms with Crippen molar-refractivity contribution in [3.63, 3.8) is 0 Å². The SMILES string of the molecule is O=C(CSCc1ccccc1F)NCCSCc1c(F)cccc1Cl. The van der Waals surface area contributed by atoms with E-state index in [9.17, 15) is 13.6 Å². The van der Waals surface area contributed by atoms with Gasteiger partial charge in [-0.1, -0.05) is 35.9 Å². The number of hydrogen-bond acceptors (Lipinski definition) is 3. The molecule has 0 fully saturated rings. The van der Waals surface area contributed by atoms with E-state index in [1.165, 1.54) is 35.7 Å². The molecule has 0 bridgehead atoms. The fraction of sp³-hybridized carbons (Fsp3) is 0.278. The molecule has 0 aliphatic heterocycles. The first kappa shape index (κ1) is 20.1. The molecule has 0 spiro atoms. The van der Waals surface area contributed by atoms with Gasteiger partial charge in [0.1, 0.15) is 11.6 Å². The van der Waals surface area contributed by atoms with Crippen molar-refractivity contribution in [3.05, 3.63) is 70.2 Å². The van der Waals surface area contributed by atoms with Crippen molar-refractivity contribution < 1.29 is 13.6 Å². The third-order valence-corrected chi connectivity index (χ3v) is 5.65. The first-order valence-corrected chi connectivity index (χ1v) is 10.3. The van der Waals surface area contributed by atoms with Crippen molar-refractivity contribution in [2.45, 2.75) is 11.5 Å². The minimum Gasteiger partial charge on any atom is -0.355 e. The molecule has 2 aromatic carbocycles. The topological polar surface area (TPSA) is 29.1 Å². The summed E-state index contributed by atoms with van der Waals surface area (Å²) in [7, 11) is 0. The summed E-state index contributed by atoms with van der Waals surface area (Å²) >= 11 is 8.83. The van der Waals surface area contributed by atoms with Crippen LogP contribution in [0.1, 0.15) is 11.1 Å². The average Bonchev–Trinajstić information content (AvgIpc) is 2.58. The zero-order chi connectivity index (χ0) is 18.1. The first-order valence-electron chi connectivity index (χ1n) is 7.66. The molecular weight excluding hydrogens is 384 g/mol. The Bertz CT molecular complexity index is 695. The van der Waals surface area contributed by atoms with Gasteiger partial charge in [0.15, 0.2) is 0 Å². The molecule has 0 heterocycles. The van der Waals surface area contributed by atoms with Crippen LogP contribution in [0.4, 0.5) is 8.78 Å². The van der Waals surface area contributed by atoms with E-state index in [4.69, 9.17) is 11.6 Å². The lowest BCUT2D eigenvalue weighted by Crippen LogP contribution is -2.27. The third-order valence-electron chi connectivity index (χ3n) is 3.33. The van der Waals surface area contributed by atoms with Crippen molar-refractivity contribution in [1.29, 1.82) is 0 Å². The number of benzene rings is 2. The molecule has 1 N–H and O–H groups in total. The second-order valence-electron chi connectivity index (χ2n) is 5.19. The number of carbonyl (C=O) groups excluding carboxylic acids is 1. The van der Waals surface area contributed by atoms with E-state index in [0.29, 0.717) is 40.0 Å². The summed E-state index contributed by atoms with van der Waals surface area (Å²) < 4.78 is 27.0. The van der Waals surface area contributed by atoms with Crippen molar-refractivity contribution in [2.75, 3.05) is 18.1 Å². The highest BCUT2D eigenvalue weighted by Crippen LogP contribution is 2.23. The van der Waals surface area contributed by atoms with Gasteiger partial charge in [0.2, 0.25) is 5.91 Å². The van der Waals surface area contributed by atoms with Gasteiger partial charge in [-0.05, 0) is 23.8 Å². The van der Waals surface area contributed by atoms with E-state index < -0.39 is 0 Å². The fourth-order valence-corrected chi connectivity index (χ4v) is 4.07. The smallest absolute Gasteiger partial charge is 0.230 e. The molecule has 1 amide bonds. The van der Waals surface area contributed by atoms with Gasteiger partial charge in [-0.15, -0.1) is 11.8 Å². The lowest BCUT2D eigenvalue weighted by Gasteiger charge is -2.07. The molecule has 0 radical (unpaired) electrons. The van der Waals surface area contributed by atoms with Crippen LogP contribution in [0.15, 0.2) is 42.5 Å². The van der Waals surface area contributed by atoms with Crippen LogP contribution < -0.4 is 5.32 Å². The molecule has 0 aliphatic rings. The van der Waals surface area contributed by atoms with Gasteiger partial charge in [0.05, 0.1) is 5.75 Å². The molecular formula is C18H18ClF2NOS2. The Kier molecular flexibility index (Phi) is 8.58. The monoisotopic (exact) mass is 401 g/mol. The maximum Gasteiger partial charge on any atom is 0.230 e. The molecule has 0 atom stereocenters. The Morgan fingerprint density at radius 2 is 1.76 bits per heavy atom. The van der Waals surface area contributed by atoms with Crippen molar-refractivity contribution in [2.24, 2.45) is 0 Å². The number of amides is 1. The lowest BCUT2D eigenvalue weighted by molar-refractivity contribution is -0.118. The van der Waals surface area contributed by atoms with Crippen molar-refractivity contribution >= 4 is 41.0 Å². The molecule has 0 aliphatic carbocycles. The zero-order valence-corrected chi connectivity index (χ0v) is 15.8. The molecule has 0 saturated heterocycles. The van der Waals surface area contributed by atoms with E-state index in [1.54, 1.807) is 30.3 Å². The molecule has 25 heavy (non-hydrogen) atoms. The molecule has 7 heteroatoms. The highest BCUT2D eigenvalue weighted by Gasteiger charge is 2.07. The summed E-state index contributed by atoms with van der Waals surface area (Å²) in [4.78, 5) is 11.7. The largest absolute Gasteiger partial charge is 0.355 e. The number of halogens is 3. The maximum atomic E-state index is 13.6. The second kappa shape index (κ2) is 10.7. The summed E-state index contributed by atoms with van der Waals surface area (Å²) in [6, 6.07) is 11.2. The molecule has 2 rings (SSSR count). The normalized spacial score (nSPS) is 10.7. The number of thioether (sulfide) groups is 2. The van der Waals surface area contributed by atoms with Gasteiger partial charge in [-0.3, -0.25) is 4.79 Å². The van der Waals surface area contributed by atoms with E-state index >= 15 is 0 Å². The highest BCUT2D eigenvalue weighted by molar-refractivity contribution is 7.99. The Labute approximate surface area is 159 Å². The van der Waals surface area contributed by atoms with E-state index in [2.05, 4.69) is 5.32 Å². The van der Waals surface area contributed by atoms with Crippen LogP contribution in [-0.2, 0) is 16.3 Å². The predicted octanol–water partition coefficient (Wildman–Crippen LogP) is 4.90. The van der Waals surface area contributed by atoms with Crippen LogP contribution in [0.2, 0.25) is 5.02 Å². The Balaban J connectivity index is 1.59. The molecule has 2 nitrogen and oxygen atoms in total. The average molecular weight is 402 g/mol. The summed E-state index contributed by atoms with van der Waals surface area (Å²) in [5.41, 5.74) is 1.08. The van der Waals surface area contributed by atoms with Crippen LogP contribution in [0.5, 0.6) is 0 Å². The van der Waals surface area contributed by atoms with Gasteiger partial charge >= 0.3 is 0 Å². The Hall–Kier alpha value is -1.24. The standard InChI is InChI=1S/C18H18ClF2NOS2/c19-15-5-3-7-17(21)14(15)11-24-9-8-22-18(23)12-25-10-13-4-1-2-6-16(13)20/h1-7H,8-12H2,(H,22,23). The van der Waals surface area contributed by atoms with Crippen molar-refractivity contribution in [1.82, 2.24) is 5.32 Å². The minimum atomic E-state index is -0.312. The molecule has 0 aromatic heterocycles. The summed E-state index contributed by atoms with van der Waals surface area (Å²) in [6.07, 6.45) is 0. The number of rotatable bonds is 9. The van der Waals surface area contributed by atoms with E-state index in [0.717, 1.165) is 0 Å². The maximum absolute atomic E-state index is 13.6. The summed E-state index contributed by atoms with van der Waals surface area (Å²) in [6.45, 7) is 0.496. The zero-order valence-electron chi connectivity index (χ0n) is 13.4. The Morgan fingerprint density at radius 1 is 1.00 bits per heavy atom. The summed E-state index contributed by atoms with van der Waals surface area (Å²) in [5, 5.41) is 3.22.